The van der Waals surface area contributed by atoms with Crippen molar-refractivity contribution in [2.24, 2.45) is 11.8 Å². The third-order valence-electron chi connectivity index (χ3n) is 13.2. The van der Waals surface area contributed by atoms with E-state index >= 15 is 0 Å². The maximum atomic E-state index is 11.6. The third-order valence-corrected chi connectivity index (χ3v) is 13.2. The van der Waals surface area contributed by atoms with E-state index in [0.717, 1.165) is 68.9 Å². The first-order chi connectivity index (χ1) is 23.0. The summed E-state index contributed by atoms with van der Waals surface area (Å²) in [6.07, 6.45) is 10.2. The van der Waals surface area contributed by atoms with Crippen LogP contribution in [-0.2, 0) is 37.9 Å². The van der Waals surface area contributed by atoms with Crippen LogP contribution in [0.25, 0.3) is 0 Å². The predicted molar refractivity (Wildman–Crippen MR) is 181 cm³/mol. The molecule has 1 N–H and O–H groups in total. The van der Waals surface area contributed by atoms with Crippen LogP contribution < -0.4 is 9.47 Å². The Morgan fingerprint density at radius 1 is 0.833 bits per heavy atom. The highest BCUT2D eigenvalue weighted by molar-refractivity contribution is 5.68. The summed E-state index contributed by atoms with van der Waals surface area (Å²) in [7, 11) is 4.48. The number of hydrogen-bond acceptors (Lipinski definition) is 8. The number of phenolic OH excluding ortho intramolecular Hbond substituents is 1. The van der Waals surface area contributed by atoms with Gasteiger partial charge in [0.25, 0.3) is 0 Å². The molecule has 8 unspecified atom stereocenters. The molecule has 8 nitrogen and oxygen atoms in total. The molecule has 8 aliphatic rings. The van der Waals surface area contributed by atoms with Crippen molar-refractivity contribution in [2.75, 3.05) is 27.2 Å². The van der Waals surface area contributed by atoms with Crippen LogP contribution in [0, 0.1) is 18.8 Å². The first-order valence-electron chi connectivity index (χ1n) is 17.7. The van der Waals surface area contributed by atoms with E-state index in [-0.39, 0.29) is 34.8 Å². The minimum absolute atomic E-state index is 0.0222. The van der Waals surface area contributed by atoms with Gasteiger partial charge in [0, 0.05) is 41.0 Å². The van der Waals surface area contributed by atoms with Crippen LogP contribution in [0.2, 0.25) is 0 Å². The average molecular weight is 651 g/mol. The van der Waals surface area contributed by atoms with Crippen LogP contribution in [0.3, 0.4) is 0 Å². The molecule has 4 aliphatic heterocycles. The molecule has 10 rings (SSSR count). The van der Waals surface area contributed by atoms with E-state index in [1.54, 1.807) is 6.07 Å². The number of benzene rings is 2. The second-order valence-corrected chi connectivity index (χ2v) is 15.6. The van der Waals surface area contributed by atoms with E-state index in [4.69, 9.17) is 18.9 Å². The molecule has 0 aromatic heterocycles. The molecule has 2 spiro atoms. The van der Waals surface area contributed by atoms with E-state index in [1.165, 1.54) is 34.7 Å². The molecule has 4 bridgehead atoms. The molecule has 48 heavy (non-hydrogen) atoms. The number of phenols is 1. The van der Waals surface area contributed by atoms with E-state index in [1.807, 2.05) is 6.92 Å². The van der Waals surface area contributed by atoms with Gasteiger partial charge in [-0.25, -0.2) is 0 Å². The molecular formula is C40H46N2O6. The number of piperidine rings is 2. The SMILES string of the molecule is C=C(C)OC1=CCC2C3Cc4ccc(O)c5c4C2(CCN3C)C1O5.CC(=O)OC1=CCC2C3Cc4ccc(C)c5c4C2(CCN3C)C1O5. The quantitative estimate of drug-likeness (QED) is 0.329. The highest BCUT2D eigenvalue weighted by Gasteiger charge is 2.66. The number of aryl methyl sites for hydroxylation is 1. The van der Waals surface area contributed by atoms with Crippen molar-refractivity contribution in [3.63, 3.8) is 0 Å². The van der Waals surface area contributed by atoms with Gasteiger partial charge in [0.2, 0.25) is 0 Å². The lowest BCUT2D eigenvalue weighted by molar-refractivity contribution is -0.140. The second kappa shape index (κ2) is 10.4. The van der Waals surface area contributed by atoms with Crippen molar-refractivity contribution in [1.82, 2.24) is 9.80 Å². The molecule has 2 aromatic rings. The van der Waals surface area contributed by atoms with Crippen molar-refractivity contribution in [3.05, 3.63) is 88.1 Å². The Balaban J connectivity index is 0.000000131. The summed E-state index contributed by atoms with van der Waals surface area (Å²) in [5.74, 6) is 5.05. The number of allylic oxidation sites excluding steroid dienone is 3. The molecule has 0 saturated carbocycles. The average Bonchev–Trinajstić information content (AvgIpc) is 3.59. The van der Waals surface area contributed by atoms with Gasteiger partial charge in [-0.2, -0.15) is 0 Å². The van der Waals surface area contributed by atoms with Gasteiger partial charge in [-0.05, 0) is 126 Å². The van der Waals surface area contributed by atoms with Gasteiger partial charge in [0.15, 0.2) is 23.7 Å². The second-order valence-electron chi connectivity index (χ2n) is 15.6. The number of esters is 1. The van der Waals surface area contributed by atoms with Gasteiger partial charge < -0.3 is 33.9 Å². The number of likely N-dealkylation sites (N-methyl/N-ethyl adjacent to an activating group) is 2. The summed E-state index contributed by atoms with van der Waals surface area (Å²) in [6, 6.07) is 9.39. The highest BCUT2D eigenvalue weighted by Crippen LogP contribution is 2.65. The van der Waals surface area contributed by atoms with Crippen LogP contribution in [0.4, 0.5) is 0 Å². The van der Waals surface area contributed by atoms with Gasteiger partial charge in [-0.15, -0.1) is 0 Å². The largest absolute Gasteiger partial charge is 0.504 e. The van der Waals surface area contributed by atoms with Gasteiger partial charge in [0.05, 0.1) is 5.76 Å². The summed E-state index contributed by atoms with van der Waals surface area (Å²) in [4.78, 5) is 16.6. The molecule has 2 saturated heterocycles. The molecule has 2 aromatic carbocycles. The predicted octanol–water partition coefficient (Wildman–Crippen LogP) is 5.83. The van der Waals surface area contributed by atoms with Crippen LogP contribution in [0.5, 0.6) is 17.2 Å². The van der Waals surface area contributed by atoms with Crippen LogP contribution in [0.1, 0.15) is 67.3 Å². The van der Waals surface area contributed by atoms with Gasteiger partial charge in [0.1, 0.15) is 17.3 Å². The molecule has 2 fully saturated rings. The van der Waals surface area contributed by atoms with Crippen molar-refractivity contribution in [2.45, 2.75) is 94.4 Å². The fraction of sp³-hybridized carbons (Fsp3) is 0.525. The summed E-state index contributed by atoms with van der Waals surface area (Å²) in [5, 5.41) is 10.4. The normalized spacial score (nSPS) is 35.8. The number of carbonyl (C=O) groups is 1. The monoisotopic (exact) mass is 650 g/mol. The lowest BCUT2D eigenvalue weighted by Crippen LogP contribution is -2.63. The first-order valence-corrected chi connectivity index (χ1v) is 17.7. The Hall–Kier alpha value is -3.75. The van der Waals surface area contributed by atoms with Crippen LogP contribution >= 0.6 is 0 Å². The minimum atomic E-state index is -0.257. The maximum absolute atomic E-state index is 11.6. The summed E-state index contributed by atoms with van der Waals surface area (Å²) in [5.41, 5.74) is 6.52. The topological polar surface area (TPSA) is 80.7 Å². The Bertz CT molecular complexity index is 1700. The summed E-state index contributed by atoms with van der Waals surface area (Å²) >= 11 is 0. The zero-order valence-corrected chi connectivity index (χ0v) is 28.7. The number of aromatic hydroxyl groups is 1. The molecule has 8 atom stereocenters. The van der Waals surface area contributed by atoms with Crippen LogP contribution in [0.15, 0.2) is 60.3 Å². The Morgan fingerprint density at radius 2 is 1.35 bits per heavy atom. The van der Waals surface area contributed by atoms with E-state index in [0.29, 0.717) is 35.4 Å². The molecule has 0 radical (unpaired) electrons. The zero-order valence-electron chi connectivity index (χ0n) is 28.7. The Kier molecular flexibility index (Phi) is 6.56. The lowest BCUT2D eigenvalue weighted by Gasteiger charge is -2.56. The number of hydrogen-bond donors (Lipinski definition) is 1. The van der Waals surface area contributed by atoms with Gasteiger partial charge in [-0.1, -0.05) is 24.8 Å². The molecule has 252 valence electrons. The molecule has 4 heterocycles. The van der Waals surface area contributed by atoms with Gasteiger partial charge in [-0.3, -0.25) is 4.79 Å². The van der Waals surface area contributed by atoms with Crippen molar-refractivity contribution >= 4 is 5.97 Å². The van der Waals surface area contributed by atoms with E-state index < -0.39 is 0 Å². The fourth-order valence-corrected chi connectivity index (χ4v) is 11.3. The molecule has 4 aliphatic carbocycles. The highest BCUT2D eigenvalue weighted by atomic mass is 16.6. The Morgan fingerprint density at radius 3 is 1.92 bits per heavy atom. The van der Waals surface area contributed by atoms with E-state index in [9.17, 15) is 9.90 Å². The summed E-state index contributed by atoms with van der Waals surface area (Å²) < 4.78 is 24.4. The van der Waals surface area contributed by atoms with Crippen molar-refractivity contribution in [1.29, 1.82) is 0 Å². The van der Waals surface area contributed by atoms with Crippen LogP contribution in [-0.4, -0.2) is 72.4 Å². The number of rotatable bonds is 3. The maximum Gasteiger partial charge on any atom is 0.307 e. The number of ether oxygens (including phenoxy) is 4. The number of carbonyl (C=O) groups excluding carboxylic acids is 1. The zero-order chi connectivity index (χ0) is 33.3. The fourth-order valence-electron chi connectivity index (χ4n) is 11.3. The number of likely N-dealkylation sites (tertiary alicyclic amines) is 2. The lowest BCUT2D eigenvalue weighted by atomic mass is 9.53. The van der Waals surface area contributed by atoms with Crippen molar-refractivity contribution in [3.8, 4) is 17.2 Å². The minimum Gasteiger partial charge on any atom is -0.504 e. The molecule has 0 amide bonds. The first kappa shape index (κ1) is 30.3. The standard InChI is InChI=1S/2C20H23NO3/c1-11(2)23-16-7-5-13-14-10-12-4-6-15(22)18-17(12)20(13,19(16)24-18)8-9-21(14)3;1-11-4-5-13-10-15-14-6-7-16(23-12(2)22)19-20(14,8-9-21(15)3)17(13)18(11)24-19/h4,6-7,13-14,19,22H,1,5,8-10H2,2-3H3;4-5,7,14-15,19H,6,8-10H2,1-3H3. The molecular weight excluding hydrogens is 604 g/mol. The van der Waals surface area contributed by atoms with Crippen molar-refractivity contribution < 1.29 is 28.8 Å². The summed E-state index contributed by atoms with van der Waals surface area (Å²) in [6.45, 7) is 11.5. The smallest absolute Gasteiger partial charge is 0.307 e. The van der Waals surface area contributed by atoms with E-state index in [2.05, 4.69) is 67.7 Å². The van der Waals surface area contributed by atoms with Gasteiger partial charge >= 0.3 is 5.97 Å². The third kappa shape index (κ3) is 3.87. The molecule has 8 heteroatoms. The number of nitrogens with zero attached hydrogens (tertiary/aromatic N) is 2. The Labute approximate surface area is 283 Å².